The van der Waals surface area contributed by atoms with Gasteiger partial charge < -0.3 is 25.2 Å². The third-order valence-corrected chi connectivity index (χ3v) is 12.2. The second kappa shape index (κ2) is 45.5. The van der Waals surface area contributed by atoms with Gasteiger partial charge in [-0.05, 0) is 44.9 Å². The zero-order valence-electron chi connectivity index (χ0n) is 39.7. The number of carboxylic acid groups (broad SMARTS) is 1. The number of carboxylic acids is 1. The lowest BCUT2D eigenvalue weighted by molar-refractivity contribution is -0.147. The Kier molecular flexibility index (Phi) is 44.0. The van der Waals surface area contributed by atoms with Crippen LogP contribution in [-0.2, 0) is 32.7 Å². The third kappa shape index (κ3) is 44.6. The van der Waals surface area contributed by atoms with E-state index < -0.39 is 57.6 Å². The Morgan fingerprint density at radius 3 is 1.34 bits per heavy atom. The lowest BCUT2D eigenvalue weighted by atomic mass is 10.0. The number of carbonyl (C=O) groups excluding carboxylic acids is 2. The first-order chi connectivity index (χ1) is 30.1. The molecule has 0 spiro atoms. The first-order valence-electron chi connectivity index (χ1n) is 25.4. The highest BCUT2D eigenvalue weighted by atomic mass is 31.2. The van der Waals surface area contributed by atoms with Crippen LogP contribution in [0, 0.1) is 0 Å². The lowest BCUT2D eigenvalue weighted by Gasteiger charge is -2.18. The molecule has 4 N–H and O–H groups in total. The number of nitrogens with one attached hydrogen (secondary N) is 1. The van der Waals surface area contributed by atoms with Crippen molar-refractivity contribution in [2.45, 2.75) is 257 Å². The molecule has 0 saturated carbocycles. The standard InChI is InChI=1S/C50H94NO10P/c1-3-5-7-9-11-13-15-17-19-20-21-22-23-24-25-26-28-30-32-34-36-38-40-42-49(54)59-43-46(52)44-60-62(57,58)61-45-47(50(55)56)51-48(53)41-39-37-35-33-31-29-27-18-16-14-12-10-8-6-4-2/h11,13,17,19,46-47,52H,3-10,12,14-16,18,20-45H2,1-2H3,(H,51,53)(H,55,56)(H,57,58)/b13-11-,19-17-. The van der Waals surface area contributed by atoms with E-state index in [1.165, 1.54) is 161 Å². The average molecular weight is 900 g/mol. The Morgan fingerprint density at radius 2 is 0.887 bits per heavy atom. The average Bonchev–Trinajstić information content (AvgIpc) is 3.25. The molecule has 12 heteroatoms. The van der Waals surface area contributed by atoms with E-state index in [1.807, 2.05) is 0 Å². The molecule has 3 atom stereocenters. The number of amides is 1. The van der Waals surface area contributed by atoms with Crippen molar-refractivity contribution in [2.24, 2.45) is 0 Å². The molecule has 364 valence electrons. The van der Waals surface area contributed by atoms with E-state index in [-0.39, 0.29) is 12.8 Å². The molecule has 0 radical (unpaired) electrons. The van der Waals surface area contributed by atoms with E-state index in [0.29, 0.717) is 12.8 Å². The highest BCUT2D eigenvalue weighted by Gasteiger charge is 2.28. The molecule has 11 nitrogen and oxygen atoms in total. The lowest BCUT2D eigenvalue weighted by Crippen LogP contribution is -2.43. The van der Waals surface area contributed by atoms with E-state index in [9.17, 15) is 34.1 Å². The van der Waals surface area contributed by atoms with Crippen LogP contribution in [0.1, 0.15) is 245 Å². The number of aliphatic hydroxyl groups is 1. The number of ether oxygens (including phenoxy) is 1. The number of phosphoric acid groups is 1. The van der Waals surface area contributed by atoms with Crippen LogP contribution in [0.15, 0.2) is 24.3 Å². The van der Waals surface area contributed by atoms with E-state index in [2.05, 4.69) is 43.5 Å². The number of aliphatic hydroxyl groups excluding tert-OH is 1. The van der Waals surface area contributed by atoms with Gasteiger partial charge in [0, 0.05) is 12.8 Å². The van der Waals surface area contributed by atoms with Gasteiger partial charge in [0.25, 0.3) is 0 Å². The molecule has 0 aliphatic rings. The molecule has 0 saturated heterocycles. The number of carbonyl (C=O) groups is 3. The van der Waals surface area contributed by atoms with Crippen LogP contribution in [0.5, 0.6) is 0 Å². The number of unbranched alkanes of at least 4 members (excludes halogenated alkanes) is 30. The molecule has 3 unspecified atom stereocenters. The zero-order valence-corrected chi connectivity index (χ0v) is 40.6. The van der Waals surface area contributed by atoms with Crippen molar-refractivity contribution < 1.29 is 47.8 Å². The van der Waals surface area contributed by atoms with Gasteiger partial charge in [-0.3, -0.25) is 18.6 Å². The number of allylic oxidation sites excluding steroid dienone is 4. The van der Waals surface area contributed by atoms with Crippen LogP contribution in [-0.4, -0.2) is 64.9 Å². The summed E-state index contributed by atoms with van der Waals surface area (Å²) in [6.07, 6.45) is 49.1. The van der Waals surface area contributed by atoms with E-state index >= 15 is 0 Å². The minimum atomic E-state index is -4.76. The number of hydrogen-bond acceptors (Lipinski definition) is 8. The summed E-state index contributed by atoms with van der Waals surface area (Å²) >= 11 is 0. The first kappa shape index (κ1) is 60.0. The van der Waals surface area contributed by atoms with Crippen molar-refractivity contribution in [3.8, 4) is 0 Å². The highest BCUT2D eigenvalue weighted by molar-refractivity contribution is 7.47. The molecule has 1 amide bonds. The molecule has 0 aromatic rings. The third-order valence-electron chi connectivity index (χ3n) is 11.2. The molecule has 0 aliphatic heterocycles. The summed E-state index contributed by atoms with van der Waals surface area (Å²) in [5.41, 5.74) is 0. The molecule has 0 bridgehead atoms. The van der Waals surface area contributed by atoms with Gasteiger partial charge in [-0.15, -0.1) is 0 Å². The maximum Gasteiger partial charge on any atom is 0.472 e. The number of esters is 1. The molecule has 0 aromatic heterocycles. The minimum absolute atomic E-state index is 0.151. The molecule has 0 fully saturated rings. The zero-order chi connectivity index (χ0) is 45.6. The predicted octanol–water partition coefficient (Wildman–Crippen LogP) is 13.8. The number of rotatable bonds is 48. The Morgan fingerprint density at radius 1 is 0.516 bits per heavy atom. The van der Waals surface area contributed by atoms with Crippen molar-refractivity contribution in [1.29, 1.82) is 0 Å². The van der Waals surface area contributed by atoms with Gasteiger partial charge in [0.1, 0.15) is 12.7 Å². The van der Waals surface area contributed by atoms with Crippen LogP contribution in [0.4, 0.5) is 0 Å². The van der Waals surface area contributed by atoms with E-state index in [0.717, 1.165) is 44.9 Å². The Bertz CT molecular complexity index is 1150. The summed E-state index contributed by atoms with van der Waals surface area (Å²) in [4.78, 5) is 46.1. The topological polar surface area (TPSA) is 169 Å². The maximum absolute atomic E-state index is 12.3. The second-order valence-electron chi connectivity index (χ2n) is 17.4. The Labute approximate surface area is 379 Å². The Hall–Kier alpha value is -2.04. The van der Waals surface area contributed by atoms with Crippen LogP contribution in [0.25, 0.3) is 0 Å². The predicted molar refractivity (Wildman–Crippen MR) is 254 cm³/mol. The fourth-order valence-electron chi connectivity index (χ4n) is 7.29. The molecule has 62 heavy (non-hydrogen) atoms. The maximum atomic E-state index is 12.3. The van der Waals surface area contributed by atoms with Gasteiger partial charge in [0.05, 0.1) is 13.2 Å². The van der Waals surface area contributed by atoms with Crippen LogP contribution < -0.4 is 5.32 Å². The van der Waals surface area contributed by atoms with Gasteiger partial charge in [0.15, 0.2) is 6.04 Å². The largest absolute Gasteiger partial charge is 0.480 e. The molecule has 0 aliphatic carbocycles. The van der Waals surface area contributed by atoms with Gasteiger partial charge >= 0.3 is 19.8 Å². The van der Waals surface area contributed by atoms with Gasteiger partial charge in [0.2, 0.25) is 5.91 Å². The number of phosphoric ester groups is 1. The summed E-state index contributed by atoms with van der Waals surface area (Å²) < 4.78 is 26.9. The van der Waals surface area contributed by atoms with Crippen molar-refractivity contribution in [3.05, 3.63) is 24.3 Å². The monoisotopic (exact) mass is 900 g/mol. The van der Waals surface area contributed by atoms with Crippen LogP contribution >= 0.6 is 7.82 Å². The molecular formula is C50H94NO10P. The van der Waals surface area contributed by atoms with E-state index in [1.54, 1.807) is 0 Å². The normalized spacial score (nSPS) is 13.7. The minimum Gasteiger partial charge on any atom is -0.480 e. The molecule has 0 heterocycles. The number of hydrogen-bond donors (Lipinski definition) is 4. The van der Waals surface area contributed by atoms with Gasteiger partial charge in [-0.2, -0.15) is 0 Å². The highest BCUT2D eigenvalue weighted by Crippen LogP contribution is 2.43. The SMILES string of the molecule is CCCCC/C=C\C/C=C\CCCCCCCCCCCCCCCC(=O)OCC(O)COP(=O)(O)OCC(NC(=O)CCCCCCCCCCCCCCCCC)C(=O)O. The van der Waals surface area contributed by atoms with Gasteiger partial charge in [-0.25, -0.2) is 9.36 Å². The van der Waals surface area contributed by atoms with Crippen LogP contribution in [0.2, 0.25) is 0 Å². The molecule has 0 aromatic carbocycles. The van der Waals surface area contributed by atoms with Gasteiger partial charge in [-0.1, -0.05) is 212 Å². The fraction of sp³-hybridized carbons (Fsp3) is 0.860. The quantitative estimate of drug-likeness (QED) is 0.0200. The van der Waals surface area contributed by atoms with Crippen molar-refractivity contribution in [1.82, 2.24) is 5.32 Å². The fourth-order valence-corrected chi connectivity index (χ4v) is 8.06. The van der Waals surface area contributed by atoms with Crippen molar-refractivity contribution >= 4 is 25.7 Å². The van der Waals surface area contributed by atoms with Crippen molar-refractivity contribution in [3.63, 3.8) is 0 Å². The number of aliphatic carboxylic acids is 1. The summed E-state index contributed by atoms with van der Waals surface area (Å²) in [6.45, 7) is 2.61. The van der Waals surface area contributed by atoms with E-state index in [4.69, 9.17) is 13.8 Å². The summed E-state index contributed by atoms with van der Waals surface area (Å²) in [5.74, 6) is -2.36. The Balaban J connectivity index is 3.78. The van der Waals surface area contributed by atoms with Crippen LogP contribution in [0.3, 0.4) is 0 Å². The molecule has 0 rings (SSSR count). The second-order valence-corrected chi connectivity index (χ2v) is 18.8. The van der Waals surface area contributed by atoms with Crippen molar-refractivity contribution in [2.75, 3.05) is 19.8 Å². The summed E-state index contributed by atoms with van der Waals surface area (Å²) in [7, 11) is -4.76. The first-order valence-corrected chi connectivity index (χ1v) is 26.9. The molecular weight excluding hydrogens is 806 g/mol. The summed E-state index contributed by atoms with van der Waals surface area (Å²) in [6, 6.07) is -1.54. The smallest absolute Gasteiger partial charge is 0.472 e. The summed E-state index contributed by atoms with van der Waals surface area (Å²) in [5, 5.41) is 21.9.